The molecule has 0 saturated heterocycles. The molecule has 0 aliphatic carbocycles. The Balaban J connectivity index is 0.000000782. The number of rotatable bonds is 11. The van der Waals surface area contributed by atoms with Crippen LogP contribution in [0.2, 0.25) is 0 Å². The van der Waals surface area contributed by atoms with Crippen LogP contribution >= 0.6 is 0 Å². The number of fused-ring (bicyclic) bond motifs is 1. The lowest BCUT2D eigenvalue weighted by molar-refractivity contribution is -0.192. The summed E-state index contributed by atoms with van der Waals surface area (Å²) in [4.78, 5) is 22.1. The number of benzene rings is 2. The summed E-state index contributed by atoms with van der Waals surface area (Å²) >= 11 is 0. The minimum absolute atomic E-state index is 0.0124. The SMILES string of the molecule is CCCC[C@]1(CC)CS(=O)(=O)c2cc(CN(C)CCC(=O)O)c(OC)cc2[C@@H](c2ccccc2)N1.O=C(O)C(F)(F)F. The molecule has 0 fully saturated rings. The van der Waals surface area contributed by atoms with Gasteiger partial charge >= 0.3 is 18.1 Å². The van der Waals surface area contributed by atoms with Crippen LogP contribution in [-0.4, -0.2) is 73.6 Å². The Kier molecular flexibility index (Phi) is 12.4. The summed E-state index contributed by atoms with van der Waals surface area (Å²) in [6, 6.07) is 13.2. The molecule has 234 valence electrons. The zero-order valence-corrected chi connectivity index (χ0v) is 25.0. The number of hydrogen-bond donors (Lipinski definition) is 3. The first-order valence-corrected chi connectivity index (χ1v) is 15.2. The first-order chi connectivity index (χ1) is 19.6. The van der Waals surface area contributed by atoms with E-state index in [-0.39, 0.29) is 18.2 Å². The number of unbranched alkanes of at least 4 members (excludes halogenated alkanes) is 1. The molecular weight excluding hydrogens is 577 g/mol. The van der Waals surface area contributed by atoms with Crippen molar-refractivity contribution in [3.8, 4) is 5.75 Å². The van der Waals surface area contributed by atoms with Gasteiger partial charge in [0.2, 0.25) is 0 Å². The highest BCUT2D eigenvalue weighted by Crippen LogP contribution is 2.41. The van der Waals surface area contributed by atoms with Crippen molar-refractivity contribution in [2.45, 2.75) is 75.1 Å². The number of sulfone groups is 1. The third-order valence-electron chi connectivity index (χ3n) is 7.18. The van der Waals surface area contributed by atoms with E-state index in [9.17, 15) is 26.4 Å². The summed E-state index contributed by atoms with van der Waals surface area (Å²) in [5.41, 5.74) is 1.89. The first-order valence-electron chi connectivity index (χ1n) is 13.6. The quantitative estimate of drug-likeness (QED) is 0.318. The van der Waals surface area contributed by atoms with Crippen molar-refractivity contribution >= 4 is 21.8 Å². The lowest BCUT2D eigenvalue weighted by Gasteiger charge is -2.36. The molecule has 0 amide bonds. The molecular formula is C29H39F3N2O7S. The van der Waals surface area contributed by atoms with Gasteiger partial charge in [0.1, 0.15) is 5.75 Å². The van der Waals surface area contributed by atoms with Crippen LogP contribution in [0, 0.1) is 0 Å². The largest absolute Gasteiger partial charge is 0.496 e. The Morgan fingerprint density at radius 2 is 1.76 bits per heavy atom. The fourth-order valence-corrected chi connectivity index (χ4v) is 7.07. The van der Waals surface area contributed by atoms with E-state index >= 15 is 0 Å². The summed E-state index contributed by atoms with van der Waals surface area (Å²) in [5, 5.41) is 19.9. The number of methoxy groups -OCH3 is 1. The second-order valence-electron chi connectivity index (χ2n) is 10.4. The second-order valence-corrected chi connectivity index (χ2v) is 12.3. The van der Waals surface area contributed by atoms with E-state index in [1.165, 1.54) is 0 Å². The molecule has 0 radical (unpaired) electrons. The summed E-state index contributed by atoms with van der Waals surface area (Å²) < 4.78 is 65.2. The van der Waals surface area contributed by atoms with E-state index in [1.807, 2.05) is 48.3 Å². The highest BCUT2D eigenvalue weighted by Gasteiger charge is 2.42. The highest BCUT2D eigenvalue weighted by atomic mass is 32.2. The lowest BCUT2D eigenvalue weighted by atomic mass is 9.88. The van der Waals surface area contributed by atoms with Crippen LogP contribution in [-0.2, 0) is 26.0 Å². The van der Waals surface area contributed by atoms with E-state index in [0.717, 1.165) is 30.4 Å². The van der Waals surface area contributed by atoms with Crippen molar-refractivity contribution in [1.29, 1.82) is 0 Å². The number of hydrogen-bond acceptors (Lipinski definition) is 7. The fraction of sp³-hybridized carbons (Fsp3) is 0.517. The Morgan fingerprint density at radius 1 is 1.14 bits per heavy atom. The predicted molar refractivity (Wildman–Crippen MR) is 151 cm³/mol. The van der Waals surface area contributed by atoms with Crippen LogP contribution in [0.4, 0.5) is 13.2 Å². The van der Waals surface area contributed by atoms with Crippen molar-refractivity contribution in [1.82, 2.24) is 10.2 Å². The third kappa shape index (κ3) is 9.43. The van der Waals surface area contributed by atoms with Crippen LogP contribution < -0.4 is 10.1 Å². The molecule has 0 aromatic heterocycles. The van der Waals surface area contributed by atoms with Crippen molar-refractivity contribution < 1.29 is 46.1 Å². The van der Waals surface area contributed by atoms with Gasteiger partial charge in [0.25, 0.3) is 0 Å². The van der Waals surface area contributed by atoms with Gasteiger partial charge < -0.3 is 19.8 Å². The van der Waals surface area contributed by atoms with E-state index in [0.29, 0.717) is 35.7 Å². The summed E-state index contributed by atoms with van der Waals surface area (Å²) in [7, 11) is -0.207. The Morgan fingerprint density at radius 3 is 2.26 bits per heavy atom. The fourth-order valence-electron chi connectivity index (χ4n) is 4.90. The molecule has 2 aromatic carbocycles. The molecule has 2 aromatic rings. The summed E-state index contributed by atoms with van der Waals surface area (Å²) in [6.45, 7) is 4.92. The molecule has 42 heavy (non-hydrogen) atoms. The van der Waals surface area contributed by atoms with Gasteiger partial charge in [-0.25, -0.2) is 13.2 Å². The number of aliphatic carboxylic acids is 2. The van der Waals surface area contributed by atoms with Crippen LogP contribution in [0.5, 0.6) is 5.75 Å². The van der Waals surface area contributed by atoms with Gasteiger partial charge in [0.05, 0.1) is 30.2 Å². The molecule has 1 aliphatic heterocycles. The number of nitrogens with one attached hydrogen (secondary N) is 1. The number of ether oxygens (including phenoxy) is 1. The van der Waals surface area contributed by atoms with E-state index < -0.39 is 33.5 Å². The van der Waals surface area contributed by atoms with Crippen LogP contribution in [0.25, 0.3) is 0 Å². The van der Waals surface area contributed by atoms with E-state index in [2.05, 4.69) is 19.2 Å². The molecule has 0 saturated carbocycles. The van der Waals surface area contributed by atoms with Gasteiger partial charge in [0, 0.05) is 24.2 Å². The maximum Gasteiger partial charge on any atom is 0.490 e. The Bertz CT molecular complexity index is 1320. The third-order valence-corrected chi connectivity index (χ3v) is 9.14. The molecule has 1 aliphatic rings. The molecule has 1 heterocycles. The minimum Gasteiger partial charge on any atom is -0.496 e. The summed E-state index contributed by atoms with van der Waals surface area (Å²) in [5.74, 6) is -2.99. The van der Waals surface area contributed by atoms with Crippen LogP contribution in [0.1, 0.15) is 68.7 Å². The molecule has 13 heteroatoms. The monoisotopic (exact) mass is 616 g/mol. The number of carboxylic acids is 2. The number of carbonyl (C=O) groups is 2. The molecule has 2 atom stereocenters. The van der Waals surface area contributed by atoms with Gasteiger partial charge in [-0.05, 0) is 43.1 Å². The number of nitrogens with zero attached hydrogens (tertiary/aromatic N) is 1. The van der Waals surface area contributed by atoms with Crippen LogP contribution in [0.3, 0.4) is 0 Å². The number of halogens is 3. The standard InChI is InChI=1S/C27H38N2O5S.C2HF3O2/c1-5-7-14-27(6-2)19-35(32,33)24-16-21(18-29(3)15-13-25(30)31)23(34-4)17-22(24)26(28-27)20-11-9-8-10-12-20;3-2(4,5)1(6)7/h8-12,16-17,26,28H,5-7,13-15,18-19H2,1-4H3,(H,30,31);(H,6,7)/t26-,27-;/m1./s1. The molecule has 3 rings (SSSR count). The summed E-state index contributed by atoms with van der Waals surface area (Å²) in [6.07, 6.45) is -1.66. The maximum absolute atomic E-state index is 13.9. The van der Waals surface area contributed by atoms with Crippen molar-refractivity contribution in [2.24, 2.45) is 0 Å². The van der Waals surface area contributed by atoms with E-state index in [4.69, 9.17) is 19.7 Å². The lowest BCUT2D eigenvalue weighted by Crippen LogP contribution is -2.50. The number of carboxylic acid groups (broad SMARTS) is 2. The van der Waals surface area contributed by atoms with Crippen molar-refractivity contribution in [2.75, 3.05) is 26.5 Å². The normalized spacial score (nSPS) is 19.7. The average molecular weight is 617 g/mol. The Hall–Kier alpha value is -3.16. The zero-order chi connectivity index (χ0) is 31.7. The van der Waals surface area contributed by atoms with Gasteiger partial charge in [-0.3, -0.25) is 10.1 Å². The van der Waals surface area contributed by atoms with Gasteiger partial charge in [-0.2, -0.15) is 13.2 Å². The second kappa shape index (κ2) is 14.8. The molecule has 0 bridgehead atoms. The maximum atomic E-state index is 13.9. The smallest absolute Gasteiger partial charge is 0.490 e. The minimum atomic E-state index is -5.08. The molecule has 0 spiro atoms. The average Bonchev–Trinajstić information content (AvgIpc) is 3.02. The van der Waals surface area contributed by atoms with Gasteiger partial charge in [-0.15, -0.1) is 0 Å². The van der Waals surface area contributed by atoms with Gasteiger partial charge in [0.15, 0.2) is 9.84 Å². The molecule has 0 unspecified atom stereocenters. The topological polar surface area (TPSA) is 133 Å². The zero-order valence-electron chi connectivity index (χ0n) is 24.2. The Labute approximate surface area is 244 Å². The molecule has 3 N–H and O–H groups in total. The predicted octanol–water partition coefficient (Wildman–Crippen LogP) is 5.04. The van der Waals surface area contributed by atoms with Crippen LogP contribution in [0.15, 0.2) is 47.4 Å². The van der Waals surface area contributed by atoms with E-state index in [1.54, 1.807) is 13.2 Å². The number of alkyl halides is 3. The highest BCUT2D eigenvalue weighted by molar-refractivity contribution is 7.91. The van der Waals surface area contributed by atoms with Crippen molar-refractivity contribution in [3.05, 3.63) is 59.2 Å². The molecule has 9 nitrogen and oxygen atoms in total. The van der Waals surface area contributed by atoms with Gasteiger partial charge in [-0.1, -0.05) is 57.0 Å². The van der Waals surface area contributed by atoms with Crippen molar-refractivity contribution in [3.63, 3.8) is 0 Å². The first kappa shape index (κ1) is 35.0.